The summed E-state index contributed by atoms with van der Waals surface area (Å²) < 4.78 is 36.9. The first-order valence-corrected chi connectivity index (χ1v) is 8.84. The molecule has 0 bridgehead atoms. The normalized spacial score (nSPS) is 25.0. The van der Waals surface area contributed by atoms with Gasteiger partial charge in [-0.2, -0.15) is 13.2 Å². The molecule has 0 aromatic heterocycles. The van der Waals surface area contributed by atoms with Gasteiger partial charge in [-0.1, -0.05) is 27.7 Å². The van der Waals surface area contributed by atoms with Gasteiger partial charge in [-0.05, 0) is 36.4 Å². The minimum Gasteiger partial charge on any atom is -0.311 e. The fraction of sp³-hybridized carbons (Fsp3) is 1.00. The molecule has 1 heterocycles. The number of thioether (sulfide) groups is 1. The van der Waals surface area contributed by atoms with E-state index in [4.69, 9.17) is 0 Å². The maximum Gasteiger partial charge on any atom is 0.441 e. The fourth-order valence-electron chi connectivity index (χ4n) is 2.98. The quantitative estimate of drug-likeness (QED) is 0.762. The smallest absolute Gasteiger partial charge is 0.311 e. The van der Waals surface area contributed by atoms with Gasteiger partial charge >= 0.3 is 5.51 Å². The van der Waals surface area contributed by atoms with Crippen molar-refractivity contribution in [1.82, 2.24) is 10.2 Å². The molecule has 0 spiro atoms. The van der Waals surface area contributed by atoms with Gasteiger partial charge in [0.25, 0.3) is 0 Å². The molecule has 0 aliphatic carbocycles. The summed E-state index contributed by atoms with van der Waals surface area (Å²) in [5.74, 6) is 1.30. The second kappa shape index (κ2) is 8.63. The topological polar surface area (TPSA) is 15.3 Å². The van der Waals surface area contributed by atoms with Gasteiger partial charge in [0, 0.05) is 37.5 Å². The summed E-state index contributed by atoms with van der Waals surface area (Å²) in [6, 6.07) is 0.770. The van der Waals surface area contributed by atoms with E-state index in [2.05, 4.69) is 37.9 Å². The molecule has 2 atom stereocenters. The standard InChI is InChI=1S/C15H29F3N2S/c1-11(2)7-13-10-20(5-6-21-15(16,17)18)14(9-19-13)8-12(3)4/h11-14,19H,5-10H2,1-4H3. The van der Waals surface area contributed by atoms with Crippen LogP contribution in [0.4, 0.5) is 13.2 Å². The van der Waals surface area contributed by atoms with Crippen LogP contribution in [0, 0.1) is 11.8 Å². The zero-order valence-corrected chi connectivity index (χ0v) is 14.4. The molecule has 1 aliphatic rings. The zero-order valence-electron chi connectivity index (χ0n) is 13.5. The number of alkyl halides is 3. The SMILES string of the molecule is CC(C)CC1CN(CCSC(F)(F)F)C(CC(C)C)CN1. The van der Waals surface area contributed by atoms with E-state index in [1.165, 1.54) is 0 Å². The number of nitrogens with zero attached hydrogens (tertiary/aromatic N) is 1. The molecule has 1 rings (SSSR count). The number of hydrogen-bond acceptors (Lipinski definition) is 3. The van der Waals surface area contributed by atoms with E-state index < -0.39 is 5.51 Å². The molecule has 126 valence electrons. The maximum absolute atomic E-state index is 12.3. The van der Waals surface area contributed by atoms with Crippen molar-refractivity contribution in [1.29, 1.82) is 0 Å². The molecular weight excluding hydrogens is 297 g/mol. The molecule has 6 heteroatoms. The Kier molecular flexibility index (Phi) is 7.85. The Morgan fingerprint density at radius 2 is 1.76 bits per heavy atom. The van der Waals surface area contributed by atoms with E-state index >= 15 is 0 Å². The van der Waals surface area contributed by atoms with Crippen LogP contribution in [0.25, 0.3) is 0 Å². The lowest BCUT2D eigenvalue weighted by atomic mass is 9.96. The maximum atomic E-state index is 12.3. The fourth-order valence-corrected chi connectivity index (χ4v) is 3.54. The summed E-state index contributed by atoms with van der Waals surface area (Å²) in [5, 5.41) is 3.57. The van der Waals surface area contributed by atoms with Crippen molar-refractivity contribution in [2.45, 2.75) is 58.1 Å². The largest absolute Gasteiger partial charge is 0.441 e. The average molecular weight is 326 g/mol. The second-order valence-electron chi connectivity index (χ2n) is 6.81. The molecule has 1 N–H and O–H groups in total. The Morgan fingerprint density at radius 1 is 1.14 bits per heavy atom. The first-order valence-electron chi connectivity index (χ1n) is 7.85. The summed E-state index contributed by atoms with van der Waals surface area (Å²) in [6.07, 6.45) is 2.12. The summed E-state index contributed by atoms with van der Waals surface area (Å²) in [5.41, 5.74) is -4.11. The van der Waals surface area contributed by atoms with Crippen LogP contribution in [0.5, 0.6) is 0 Å². The highest BCUT2D eigenvalue weighted by atomic mass is 32.2. The first-order chi connectivity index (χ1) is 9.67. The second-order valence-corrected chi connectivity index (χ2v) is 7.97. The average Bonchev–Trinajstić information content (AvgIpc) is 2.29. The predicted octanol–water partition coefficient (Wildman–Crippen LogP) is 3.97. The van der Waals surface area contributed by atoms with Crippen LogP contribution in [0.15, 0.2) is 0 Å². The van der Waals surface area contributed by atoms with Crippen LogP contribution in [0.1, 0.15) is 40.5 Å². The minimum absolute atomic E-state index is 0.101. The molecule has 0 radical (unpaired) electrons. The van der Waals surface area contributed by atoms with Crippen LogP contribution in [-0.4, -0.2) is 47.9 Å². The third-order valence-electron chi connectivity index (χ3n) is 3.76. The van der Waals surface area contributed by atoms with E-state index in [0.717, 1.165) is 25.9 Å². The first kappa shape index (κ1) is 19.1. The zero-order chi connectivity index (χ0) is 16.0. The summed E-state index contributed by atoms with van der Waals surface area (Å²) in [7, 11) is 0. The van der Waals surface area contributed by atoms with Gasteiger partial charge in [-0.15, -0.1) is 0 Å². The van der Waals surface area contributed by atoms with E-state index in [1.807, 2.05) is 0 Å². The lowest BCUT2D eigenvalue weighted by Gasteiger charge is -2.41. The van der Waals surface area contributed by atoms with Gasteiger partial charge in [0.15, 0.2) is 0 Å². The molecule has 0 amide bonds. The molecule has 1 fully saturated rings. The van der Waals surface area contributed by atoms with Crippen molar-refractivity contribution in [2.24, 2.45) is 11.8 Å². The molecule has 0 aromatic carbocycles. The summed E-state index contributed by atoms with van der Waals surface area (Å²) >= 11 is 0.101. The van der Waals surface area contributed by atoms with Crippen molar-refractivity contribution in [3.05, 3.63) is 0 Å². The van der Waals surface area contributed by atoms with Crippen molar-refractivity contribution >= 4 is 11.8 Å². The molecule has 1 aliphatic heterocycles. The molecular formula is C15H29F3N2S. The molecule has 21 heavy (non-hydrogen) atoms. The Balaban J connectivity index is 2.52. The molecule has 0 saturated carbocycles. The van der Waals surface area contributed by atoms with Gasteiger partial charge in [0.1, 0.15) is 0 Å². The van der Waals surface area contributed by atoms with Crippen LogP contribution in [-0.2, 0) is 0 Å². The van der Waals surface area contributed by atoms with Crippen molar-refractivity contribution < 1.29 is 13.2 Å². The van der Waals surface area contributed by atoms with E-state index in [0.29, 0.717) is 30.5 Å². The van der Waals surface area contributed by atoms with Gasteiger partial charge < -0.3 is 5.32 Å². The predicted molar refractivity (Wildman–Crippen MR) is 84.6 cm³/mol. The third-order valence-corrected chi connectivity index (χ3v) is 4.47. The number of rotatable bonds is 7. The molecule has 2 nitrogen and oxygen atoms in total. The van der Waals surface area contributed by atoms with Crippen molar-refractivity contribution in [3.63, 3.8) is 0 Å². The molecule has 2 unspecified atom stereocenters. The number of piperazine rings is 1. The molecule has 1 saturated heterocycles. The van der Waals surface area contributed by atoms with Crippen LogP contribution >= 0.6 is 11.8 Å². The van der Waals surface area contributed by atoms with Gasteiger partial charge in [0.05, 0.1) is 0 Å². The highest BCUT2D eigenvalue weighted by Crippen LogP contribution is 2.30. The molecule has 0 aromatic rings. The van der Waals surface area contributed by atoms with Gasteiger partial charge in [-0.25, -0.2) is 0 Å². The lowest BCUT2D eigenvalue weighted by Crippen LogP contribution is -2.57. The Labute approximate surface area is 131 Å². The number of hydrogen-bond donors (Lipinski definition) is 1. The third kappa shape index (κ3) is 8.31. The van der Waals surface area contributed by atoms with Crippen LogP contribution in [0.3, 0.4) is 0 Å². The summed E-state index contributed by atoms with van der Waals surface area (Å²) in [4.78, 5) is 2.27. The monoisotopic (exact) mass is 326 g/mol. The lowest BCUT2D eigenvalue weighted by molar-refractivity contribution is -0.0329. The van der Waals surface area contributed by atoms with Gasteiger partial charge in [-0.3, -0.25) is 4.90 Å². The number of nitrogens with one attached hydrogen (secondary N) is 1. The number of halogens is 3. The summed E-state index contributed by atoms with van der Waals surface area (Å²) in [6.45, 7) is 11.0. The Hall–Kier alpha value is 0.0600. The Morgan fingerprint density at radius 3 is 2.29 bits per heavy atom. The highest BCUT2D eigenvalue weighted by molar-refractivity contribution is 8.00. The van der Waals surface area contributed by atoms with Gasteiger partial charge in [0.2, 0.25) is 0 Å². The van der Waals surface area contributed by atoms with Crippen LogP contribution in [0.2, 0.25) is 0 Å². The van der Waals surface area contributed by atoms with E-state index in [1.54, 1.807) is 0 Å². The van der Waals surface area contributed by atoms with Crippen LogP contribution < -0.4 is 5.32 Å². The van der Waals surface area contributed by atoms with E-state index in [-0.39, 0.29) is 17.5 Å². The minimum atomic E-state index is -4.11. The van der Waals surface area contributed by atoms with Crippen molar-refractivity contribution in [2.75, 3.05) is 25.4 Å². The Bertz CT molecular complexity index is 295. The highest BCUT2D eigenvalue weighted by Gasteiger charge is 2.31. The van der Waals surface area contributed by atoms with E-state index in [9.17, 15) is 13.2 Å². The van der Waals surface area contributed by atoms with Crippen molar-refractivity contribution in [3.8, 4) is 0 Å².